The SMILES string of the molecule is CC[C@H]1CN2CCc3cc(CO)c(CO)cc3[C@@H]2C[C@@H]1C[C@@H]1c2cc(OC)c(OC)cc2CCN1C=S. The van der Waals surface area contributed by atoms with Gasteiger partial charge in [0.15, 0.2) is 11.5 Å². The molecule has 37 heavy (non-hydrogen) atoms. The molecule has 0 bridgehead atoms. The zero-order valence-electron chi connectivity index (χ0n) is 22.3. The lowest BCUT2D eigenvalue weighted by atomic mass is 9.72. The minimum absolute atomic E-state index is 0.0269. The van der Waals surface area contributed by atoms with Crippen LogP contribution in [0.3, 0.4) is 0 Å². The molecule has 3 aliphatic heterocycles. The number of piperidine rings is 1. The van der Waals surface area contributed by atoms with Crippen LogP contribution in [0.1, 0.15) is 71.7 Å². The Balaban J connectivity index is 1.48. The van der Waals surface area contributed by atoms with Crippen molar-refractivity contribution in [1.29, 1.82) is 0 Å². The van der Waals surface area contributed by atoms with Crippen molar-refractivity contribution < 1.29 is 19.7 Å². The summed E-state index contributed by atoms with van der Waals surface area (Å²) in [6.07, 6.45) is 5.26. The Morgan fingerprint density at radius 1 is 0.919 bits per heavy atom. The predicted octanol–water partition coefficient (Wildman–Crippen LogP) is 4.58. The van der Waals surface area contributed by atoms with E-state index in [1.807, 2.05) is 5.49 Å². The lowest BCUT2D eigenvalue weighted by Crippen LogP contribution is -2.47. The van der Waals surface area contributed by atoms with Gasteiger partial charge >= 0.3 is 0 Å². The van der Waals surface area contributed by atoms with Crippen LogP contribution in [0.5, 0.6) is 11.5 Å². The smallest absolute Gasteiger partial charge is 0.161 e. The molecule has 0 radical (unpaired) electrons. The van der Waals surface area contributed by atoms with Crippen molar-refractivity contribution in [2.75, 3.05) is 33.9 Å². The first-order valence-corrected chi connectivity index (χ1v) is 14.1. The second-order valence-electron chi connectivity index (χ2n) is 10.8. The van der Waals surface area contributed by atoms with Gasteiger partial charge in [0.05, 0.1) is 39.0 Å². The summed E-state index contributed by atoms with van der Waals surface area (Å²) in [5, 5.41) is 19.8. The van der Waals surface area contributed by atoms with Crippen LogP contribution in [0, 0.1) is 11.8 Å². The van der Waals surface area contributed by atoms with E-state index >= 15 is 0 Å². The van der Waals surface area contributed by atoms with Gasteiger partial charge in [0.1, 0.15) is 0 Å². The van der Waals surface area contributed by atoms with Crippen LogP contribution in [0.4, 0.5) is 0 Å². The topological polar surface area (TPSA) is 65.4 Å². The Kier molecular flexibility index (Phi) is 8.05. The lowest BCUT2D eigenvalue weighted by molar-refractivity contribution is 0.0382. The molecule has 1 saturated heterocycles. The van der Waals surface area contributed by atoms with Gasteiger partial charge in [-0.15, -0.1) is 0 Å². The number of methoxy groups -OCH3 is 2. The molecule has 200 valence electrons. The third kappa shape index (κ3) is 4.87. The maximum Gasteiger partial charge on any atom is 0.161 e. The van der Waals surface area contributed by atoms with E-state index in [1.165, 1.54) is 22.3 Å². The molecule has 2 N–H and O–H groups in total. The molecule has 3 aliphatic rings. The van der Waals surface area contributed by atoms with Crippen molar-refractivity contribution in [3.8, 4) is 11.5 Å². The molecule has 2 aromatic rings. The number of thiocarbonyl (C=S) groups is 1. The van der Waals surface area contributed by atoms with Crippen molar-refractivity contribution in [3.63, 3.8) is 0 Å². The van der Waals surface area contributed by atoms with Gasteiger partial charge in [0.25, 0.3) is 0 Å². The Bertz CT molecular complexity index is 1140. The summed E-state index contributed by atoms with van der Waals surface area (Å²) in [4.78, 5) is 5.00. The summed E-state index contributed by atoms with van der Waals surface area (Å²) < 4.78 is 11.3. The summed E-state index contributed by atoms with van der Waals surface area (Å²) in [7, 11) is 3.40. The zero-order chi connectivity index (χ0) is 26.1. The Labute approximate surface area is 226 Å². The first-order chi connectivity index (χ1) is 18.0. The number of aliphatic hydroxyl groups is 2. The molecular weight excluding hydrogens is 484 g/mol. The van der Waals surface area contributed by atoms with Crippen LogP contribution in [0.2, 0.25) is 0 Å². The number of ether oxygens (including phenoxy) is 2. The molecule has 0 amide bonds. The van der Waals surface area contributed by atoms with Crippen LogP contribution in [-0.4, -0.2) is 59.4 Å². The van der Waals surface area contributed by atoms with Crippen LogP contribution in [0.25, 0.3) is 0 Å². The minimum Gasteiger partial charge on any atom is -0.493 e. The van der Waals surface area contributed by atoms with Gasteiger partial charge in [-0.3, -0.25) is 4.90 Å². The van der Waals surface area contributed by atoms with Gasteiger partial charge in [-0.25, -0.2) is 0 Å². The first-order valence-electron chi connectivity index (χ1n) is 13.6. The van der Waals surface area contributed by atoms with Gasteiger partial charge in [-0.05, 0) is 83.0 Å². The number of benzene rings is 2. The lowest BCUT2D eigenvalue weighted by Gasteiger charge is -2.49. The monoisotopic (exact) mass is 524 g/mol. The molecule has 0 aromatic heterocycles. The Morgan fingerprint density at radius 2 is 1.59 bits per heavy atom. The van der Waals surface area contributed by atoms with Gasteiger partial charge in [-0.1, -0.05) is 37.7 Å². The van der Waals surface area contributed by atoms with E-state index in [-0.39, 0.29) is 19.3 Å². The fourth-order valence-electron chi connectivity index (χ4n) is 7.10. The Morgan fingerprint density at radius 3 is 2.27 bits per heavy atom. The van der Waals surface area contributed by atoms with E-state index in [0.717, 1.165) is 74.4 Å². The molecule has 0 aliphatic carbocycles. The predicted molar refractivity (Wildman–Crippen MR) is 149 cm³/mol. The van der Waals surface area contributed by atoms with Crippen molar-refractivity contribution >= 4 is 17.7 Å². The number of hydrogen-bond acceptors (Lipinski definition) is 6. The number of aliphatic hydroxyl groups excluding tert-OH is 2. The van der Waals surface area contributed by atoms with Crippen molar-refractivity contribution in [2.24, 2.45) is 11.8 Å². The molecule has 2 aromatic carbocycles. The van der Waals surface area contributed by atoms with E-state index in [1.54, 1.807) is 14.2 Å². The van der Waals surface area contributed by atoms with Gasteiger partial charge < -0.3 is 24.6 Å². The maximum atomic E-state index is 9.96. The molecule has 7 heteroatoms. The minimum atomic E-state index is -0.0370. The largest absolute Gasteiger partial charge is 0.493 e. The highest BCUT2D eigenvalue weighted by molar-refractivity contribution is 7.78. The third-order valence-electron chi connectivity index (χ3n) is 9.16. The normalized spacial score (nSPS) is 25.2. The number of rotatable bonds is 8. The van der Waals surface area contributed by atoms with Gasteiger partial charge in [0, 0.05) is 25.7 Å². The molecule has 0 unspecified atom stereocenters. The highest BCUT2D eigenvalue weighted by Gasteiger charge is 2.41. The fourth-order valence-corrected chi connectivity index (χ4v) is 7.35. The molecule has 6 nitrogen and oxygen atoms in total. The quantitative estimate of drug-likeness (QED) is 0.490. The fraction of sp³-hybridized carbons (Fsp3) is 0.567. The summed E-state index contributed by atoms with van der Waals surface area (Å²) in [6.45, 7) is 5.34. The molecular formula is C30H40N2O4S. The average molecular weight is 525 g/mol. The van der Waals surface area contributed by atoms with Crippen LogP contribution >= 0.6 is 12.2 Å². The van der Waals surface area contributed by atoms with E-state index in [2.05, 4.69) is 41.0 Å². The molecule has 0 spiro atoms. The third-order valence-corrected chi connectivity index (χ3v) is 9.43. The van der Waals surface area contributed by atoms with Crippen LogP contribution < -0.4 is 9.47 Å². The number of fused-ring (bicyclic) bond motifs is 4. The van der Waals surface area contributed by atoms with Gasteiger partial charge in [-0.2, -0.15) is 0 Å². The number of hydrogen-bond donors (Lipinski definition) is 2. The molecule has 4 atom stereocenters. The van der Waals surface area contributed by atoms with E-state index in [4.69, 9.17) is 21.7 Å². The second kappa shape index (κ2) is 11.3. The Hall–Kier alpha value is -2.19. The van der Waals surface area contributed by atoms with E-state index < -0.39 is 0 Å². The zero-order valence-corrected chi connectivity index (χ0v) is 23.1. The van der Waals surface area contributed by atoms with Crippen LogP contribution in [-0.2, 0) is 26.1 Å². The van der Waals surface area contributed by atoms with E-state index in [0.29, 0.717) is 17.9 Å². The molecule has 3 heterocycles. The average Bonchev–Trinajstić information content (AvgIpc) is 2.95. The second-order valence-corrected chi connectivity index (χ2v) is 11.0. The van der Waals surface area contributed by atoms with Crippen molar-refractivity contribution in [2.45, 2.75) is 64.3 Å². The van der Waals surface area contributed by atoms with E-state index in [9.17, 15) is 10.2 Å². The summed E-state index contributed by atoms with van der Waals surface area (Å²) >= 11 is 5.50. The maximum absolute atomic E-state index is 9.96. The van der Waals surface area contributed by atoms with Crippen molar-refractivity contribution in [3.05, 3.63) is 57.6 Å². The highest BCUT2D eigenvalue weighted by Crippen LogP contribution is 2.48. The summed E-state index contributed by atoms with van der Waals surface area (Å²) in [5.74, 6) is 2.74. The standard InChI is InChI=1S/C30H40N2O4S/c1-4-19-15-31-7-5-20-9-23(16-33)24(17-34)10-25(20)27(31)11-22(19)12-28-26-14-30(36-3)29(35-2)13-21(26)6-8-32(28)18-37/h9-10,13-14,18-19,22,27-28,33-34H,4-8,11-12,15-17H2,1-3H3/t19-,22+,27-,28+/m0/s1. The number of nitrogens with zero attached hydrogens (tertiary/aromatic N) is 2. The summed E-state index contributed by atoms with van der Waals surface area (Å²) in [5.41, 5.74) is 8.86. The highest BCUT2D eigenvalue weighted by atomic mass is 32.1. The molecule has 1 fully saturated rings. The van der Waals surface area contributed by atoms with Crippen LogP contribution in [0.15, 0.2) is 24.3 Å². The first kappa shape index (κ1) is 26.4. The molecule has 0 saturated carbocycles. The molecule has 5 rings (SSSR count). The summed E-state index contributed by atoms with van der Waals surface area (Å²) in [6, 6.07) is 9.18. The van der Waals surface area contributed by atoms with Crippen molar-refractivity contribution in [1.82, 2.24) is 9.80 Å². The van der Waals surface area contributed by atoms with Gasteiger partial charge in [0.2, 0.25) is 0 Å².